The molecule has 27 heavy (non-hydrogen) atoms. The average Bonchev–Trinajstić information content (AvgIpc) is 3.04. The number of allylic oxidation sites excluding steroid dienone is 3. The maximum atomic E-state index is 12.9. The van der Waals surface area contributed by atoms with Crippen molar-refractivity contribution in [3.8, 4) is 0 Å². The highest BCUT2D eigenvalue weighted by atomic mass is 32.2. The van der Waals surface area contributed by atoms with Crippen molar-refractivity contribution >= 4 is 34.9 Å². The predicted octanol–water partition coefficient (Wildman–Crippen LogP) is 4.95. The Balaban J connectivity index is 2.20. The van der Waals surface area contributed by atoms with Gasteiger partial charge in [-0.25, -0.2) is 4.79 Å². The first-order chi connectivity index (χ1) is 13.0. The van der Waals surface area contributed by atoms with E-state index in [9.17, 15) is 9.59 Å². The maximum absolute atomic E-state index is 12.9. The lowest BCUT2D eigenvalue weighted by molar-refractivity contribution is -0.138. The summed E-state index contributed by atoms with van der Waals surface area (Å²) in [5.41, 5.74) is 4.25. The Hall–Kier alpha value is -1.53. The van der Waals surface area contributed by atoms with E-state index < -0.39 is 0 Å². The minimum Gasteiger partial charge on any atom is -0.463 e. The lowest BCUT2D eigenvalue weighted by atomic mass is 9.76. The molecule has 146 valence electrons. The minimum absolute atomic E-state index is 0.153. The van der Waals surface area contributed by atoms with Crippen LogP contribution in [0.25, 0.3) is 0 Å². The van der Waals surface area contributed by atoms with Crippen molar-refractivity contribution in [2.24, 2.45) is 0 Å². The van der Waals surface area contributed by atoms with Crippen molar-refractivity contribution < 1.29 is 14.3 Å². The monoisotopic (exact) mass is 405 g/mol. The van der Waals surface area contributed by atoms with E-state index in [-0.39, 0.29) is 17.7 Å². The number of hydrogen-bond donors (Lipinski definition) is 1. The summed E-state index contributed by atoms with van der Waals surface area (Å²) in [5.74, 6) is 0.464. The number of hydrogen-bond acceptors (Lipinski definition) is 6. The molecule has 0 radical (unpaired) electrons. The summed E-state index contributed by atoms with van der Waals surface area (Å²) in [5, 5.41) is 3.34. The van der Waals surface area contributed by atoms with Crippen LogP contribution < -0.4 is 5.32 Å². The summed E-state index contributed by atoms with van der Waals surface area (Å²) < 4.78 is 6.59. The molecule has 1 atom stereocenters. The van der Waals surface area contributed by atoms with Crippen LogP contribution in [-0.2, 0) is 20.7 Å². The number of Topliss-reactive ketones (excluding diaryl/α,β-unsaturated/α-hetero) is 1. The van der Waals surface area contributed by atoms with E-state index in [4.69, 9.17) is 4.74 Å². The Morgan fingerprint density at radius 1 is 1.33 bits per heavy atom. The molecule has 1 N–H and O–H groups in total. The molecule has 1 aromatic heterocycles. The van der Waals surface area contributed by atoms with Crippen molar-refractivity contribution in [1.82, 2.24) is 5.32 Å². The number of ether oxygens (including phenoxy) is 1. The summed E-state index contributed by atoms with van der Waals surface area (Å²) in [7, 11) is 0. The normalized spacial score (nSPS) is 19.9. The van der Waals surface area contributed by atoms with Gasteiger partial charge in [-0.15, -0.1) is 23.1 Å². The lowest BCUT2D eigenvalue weighted by Gasteiger charge is -2.34. The number of nitrogens with one attached hydrogen (secondary N) is 1. The molecule has 4 nitrogen and oxygen atoms in total. The fourth-order valence-electron chi connectivity index (χ4n) is 3.83. The number of thioether (sulfide) groups is 1. The number of aryl methyl sites for hydroxylation is 1. The minimum atomic E-state index is -0.325. The molecule has 0 bridgehead atoms. The summed E-state index contributed by atoms with van der Waals surface area (Å²) in [6, 6.07) is 2.19. The Labute approximate surface area is 169 Å². The molecule has 0 fully saturated rings. The smallest absolute Gasteiger partial charge is 0.336 e. The summed E-state index contributed by atoms with van der Waals surface area (Å²) in [4.78, 5) is 27.1. The second-order valence-electron chi connectivity index (χ2n) is 6.73. The van der Waals surface area contributed by atoms with Gasteiger partial charge in [0.2, 0.25) is 0 Å². The molecule has 0 spiro atoms. The molecular formula is C21H27NO3S2. The molecule has 1 aliphatic heterocycles. The first kappa shape index (κ1) is 20.2. The molecule has 2 aliphatic rings. The summed E-state index contributed by atoms with van der Waals surface area (Å²) >= 11 is 3.57. The van der Waals surface area contributed by atoms with Crippen LogP contribution in [-0.4, -0.2) is 24.1 Å². The predicted molar refractivity (Wildman–Crippen MR) is 111 cm³/mol. The van der Waals surface area contributed by atoms with Crippen molar-refractivity contribution in [2.45, 2.75) is 63.5 Å². The van der Waals surface area contributed by atoms with Crippen LogP contribution >= 0.6 is 23.1 Å². The highest BCUT2D eigenvalue weighted by Gasteiger charge is 2.40. The molecule has 0 amide bonds. The molecule has 2 heterocycles. The first-order valence-electron chi connectivity index (χ1n) is 9.68. The van der Waals surface area contributed by atoms with Gasteiger partial charge in [0.1, 0.15) is 0 Å². The number of ketones is 1. The molecule has 0 aromatic carbocycles. The molecule has 0 saturated heterocycles. The van der Waals surface area contributed by atoms with Crippen LogP contribution in [0.15, 0.2) is 32.8 Å². The SMILES string of the molecule is CCOC(=O)C1=C(C)NC2=C(C(=O)CCC2)[C@@H]1c1cc(CC)sc1SCC. The van der Waals surface area contributed by atoms with Crippen LogP contribution in [0, 0.1) is 0 Å². The van der Waals surface area contributed by atoms with Gasteiger partial charge in [-0.1, -0.05) is 13.8 Å². The molecule has 6 heteroatoms. The Bertz CT molecular complexity index is 819. The largest absolute Gasteiger partial charge is 0.463 e. The second-order valence-corrected chi connectivity index (χ2v) is 9.40. The highest BCUT2D eigenvalue weighted by molar-refractivity contribution is 8.01. The van der Waals surface area contributed by atoms with Crippen molar-refractivity contribution in [1.29, 1.82) is 0 Å². The standard InChI is InChI=1S/C21H27NO3S2/c1-5-13-11-14(21(27-13)26-7-3)18-17(20(24)25-6-2)12(4)22-15-9-8-10-16(23)19(15)18/h11,18,22H,5-10H2,1-4H3/t18-/m1/s1. The molecule has 3 rings (SSSR count). The number of carbonyl (C=O) groups is 2. The van der Waals surface area contributed by atoms with Crippen molar-refractivity contribution in [3.05, 3.63) is 39.0 Å². The average molecular weight is 406 g/mol. The van der Waals surface area contributed by atoms with E-state index in [1.165, 1.54) is 9.09 Å². The Kier molecular flexibility index (Phi) is 6.48. The number of esters is 1. The third kappa shape index (κ3) is 3.87. The van der Waals surface area contributed by atoms with Crippen LogP contribution in [0.3, 0.4) is 0 Å². The number of thiophene rings is 1. The van der Waals surface area contributed by atoms with Gasteiger partial charge in [-0.2, -0.15) is 0 Å². The summed E-state index contributed by atoms with van der Waals surface area (Å²) in [6.07, 6.45) is 3.21. The van der Waals surface area contributed by atoms with Crippen LogP contribution in [0.4, 0.5) is 0 Å². The van der Waals surface area contributed by atoms with Gasteiger partial charge < -0.3 is 10.1 Å². The second kappa shape index (κ2) is 8.65. The quantitative estimate of drug-likeness (QED) is 0.536. The third-order valence-electron chi connectivity index (χ3n) is 4.98. The van der Waals surface area contributed by atoms with E-state index in [2.05, 4.69) is 25.2 Å². The van der Waals surface area contributed by atoms with E-state index in [1.807, 2.05) is 13.8 Å². The van der Waals surface area contributed by atoms with Gasteiger partial charge in [0.25, 0.3) is 0 Å². The summed E-state index contributed by atoms with van der Waals surface area (Å²) in [6.45, 7) is 8.33. The van der Waals surface area contributed by atoms with Gasteiger partial charge in [0.05, 0.1) is 22.3 Å². The van der Waals surface area contributed by atoms with E-state index in [1.54, 1.807) is 23.1 Å². The fourth-order valence-corrected chi connectivity index (χ4v) is 6.21. The van der Waals surface area contributed by atoms with Crippen LogP contribution in [0.5, 0.6) is 0 Å². The van der Waals surface area contributed by atoms with Crippen molar-refractivity contribution in [2.75, 3.05) is 12.4 Å². The number of dihydropyridines is 1. The zero-order chi connectivity index (χ0) is 19.6. The van der Waals surface area contributed by atoms with Gasteiger partial charge >= 0.3 is 5.97 Å². The first-order valence-corrected chi connectivity index (χ1v) is 11.5. The Morgan fingerprint density at radius 2 is 2.11 bits per heavy atom. The maximum Gasteiger partial charge on any atom is 0.336 e. The molecule has 1 aliphatic carbocycles. The Morgan fingerprint density at radius 3 is 2.78 bits per heavy atom. The molecule has 1 aromatic rings. The van der Waals surface area contributed by atoms with Crippen LogP contribution in [0.2, 0.25) is 0 Å². The number of rotatable bonds is 6. The topological polar surface area (TPSA) is 55.4 Å². The van der Waals surface area contributed by atoms with Crippen molar-refractivity contribution in [3.63, 3.8) is 0 Å². The van der Waals surface area contributed by atoms with E-state index >= 15 is 0 Å². The van der Waals surface area contributed by atoms with Gasteiger partial charge in [-0.05, 0) is 50.5 Å². The van der Waals surface area contributed by atoms with E-state index in [0.717, 1.165) is 47.5 Å². The highest BCUT2D eigenvalue weighted by Crippen LogP contribution is 2.47. The number of carbonyl (C=O) groups excluding carboxylic acids is 2. The lowest BCUT2D eigenvalue weighted by Crippen LogP contribution is -2.34. The third-order valence-corrected chi connectivity index (χ3v) is 7.46. The molecule has 0 saturated carbocycles. The zero-order valence-electron chi connectivity index (χ0n) is 16.4. The molecule has 0 unspecified atom stereocenters. The van der Waals surface area contributed by atoms with Gasteiger partial charge in [0, 0.05) is 28.3 Å². The van der Waals surface area contributed by atoms with E-state index in [0.29, 0.717) is 18.6 Å². The zero-order valence-corrected chi connectivity index (χ0v) is 18.1. The van der Waals surface area contributed by atoms with Gasteiger partial charge in [-0.3, -0.25) is 4.79 Å². The fraction of sp³-hybridized carbons (Fsp3) is 0.524. The van der Waals surface area contributed by atoms with Gasteiger partial charge in [0.15, 0.2) is 5.78 Å². The molecular weight excluding hydrogens is 378 g/mol. The van der Waals surface area contributed by atoms with Crippen LogP contribution in [0.1, 0.15) is 63.3 Å².